The van der Waals surface area contributed by atoms with Crippen molar-refractivity contribution in [2.45, 2.75) is 25.6 Å². The van der Waals surface area contributed by atoms with Crippen molar-refractivity contribution in [3.05, 3.63) is 70.8 Å². The molecule has 0 aliphatic rings. The molecule has 0 bridgehead atoms. The minimum Gasteiger partial charge on any atom is -0.349 e. The highest BCUT2D eigenvalue weighted by atomic mass is 19.4. The van der Waals surface area contributed by atoms with Gasteiger partial charge in [0, 0.05) is 11.6 Å². The second-order valence-corrected chi connectivity index (χ2v) is 5.33. The molecule has 128 valence electrons. The maximum Gasteiger partial charge on any atom is 0.416 e. The standard InChI is InChI=1S/C17H14F5NO/c1-10(14-6-5-13(18)9-15(14)19)23-16(24)8-11-3-2-4-12(7-11)17(20,21)22/h2-7,9-10H,8H2,1H3,(H,23,24)/t10-/m1/s1. The molecule has 2 rings (SSSR count). The van der Waals surface area contributed by atoms with Crippen LogP contribution in [0.5, 0.6) is 0 Å². The molecular formula is C17H14F5NO. The van der Waals surface area contributed by atoms with Gasteiger partial charge < -0.3 is 5.32 Å². The van der Waals surface area contributed by atoms with Gasteiger partial charge in [0.15, 0.2) is 0 Å². The molecule has 1 atom stereocenters. The lowest BCUT2D eigenvalue weighted by molar-refractivity contribution is -0.137. The zero-order valence-electron chi connectivity index (χ0n) is 12.6. The first kappa shape index (κ1) is 17.9. The average Bonchev–Trinajstić information content (AvgIpc) is 2.46. The largest absolute Gasteiger partial charge is 0.416 e. The van der Waals surface area contributed by atoms with E-state index in [9.17, 15) is 26.7 Å². The molecule has 2 aromatic rings. The molecule has 1 N–H and O–H groups in total. The Hall–Kier alpha value is -2.44. The van der Waals surface area contributed by atoms with Gasteiger partial charge in [-0.15, -0.1) is 0 Å². The molecule has 0 aliphatic heterocycles. The summed E-state index contributed by atoms with van der Waals surface area (Å²) in [5.74, 6) is -2.11. The molecule has 2 nitrogen and oxygen atoms in total. The van der Waals surface area contributed by atoms with Gasteiger partial charge in [-0.2, -0.15) is 13.2 Å². The quantitative estimate of drug-likeness (QED) is 0.819. The van der Waals surface area contributed by atoms with Crippen molar-refractivity contribution in [1.82, 2.24) is 5.32 Å². The van der Waals surface area contributed by atoms with E-state index < -0.39 is 35.3 Å². The Morgan fingerprint density at radius 2 is 1.83 bits per heavy atom. The molecule has 0 fully saturated rings. The maximum atomic E-state index is 13.6. The first-order valence-electron chi connectivity index (χ1n) is 7.07. The summed E-state index contributed by atoms with van der Waals surface area (Å²) in [4.78, 5) is 11.9. The minimum absolute atomic E-state index is 0.0915. The van der Waals surface area contributed by atoms with Gasteiger partial charge in [0.1, 0.15) is 11.6 Å². The van der Waals surface area contributed by atoms with E-state index in [1.807, 2.05) is 0 Å². The Morgan fingerprint density at radius 1 is 1.12 bits per heavy atom. The van der Waals surface area contributed by atoms with Crippen molar-refractivity contribution in [2.75, 3.05) is 0 Å². The summed E-state index contributed by atoms with van der Waals surface area (Å²) < 4.78 is 64.4. The third-order valence-corrected chi connectivity index (χ3v) is 3.43. The van der Waals surface area contributed by atoms with Crippen LogP contribution in [0.1, 0.15) is 29.7 Å². The fraction of sp³-hybridized carbons (Fsp3) is 0.235. The molecule has 0 heterocycles. The first-order valence-corrected chi connectivity index (χ1v) is 7.07. The second-order valence-electron chi connectivity index (χ2n) is 5.33. The van der Waals surface area contributed by atoms with Crippen molar-refractivity contribution in [3.63, 3.8) is 0 Å². The predicted molar refractivity (Wildman–Crippen MR) is 78.1 cm³/mol. The van der Waals surface area contributed by atoms with Crippen LogP contribution in [0.2, 0.25) is 0 Å². The van der Waals surface area contributed by atoms with Gasteiger partial charge in [-0.25, -0.2) is 8.78 Å². The van der Waals surface area contributed by atoms with E-state index in [0.717, 1.165) is 18.2 Å². The number of hydrogen-bond donors (Lipinski definition) is 1. The SMILES string of the molecule is C[C@@H](NC(=O)Cc1cccc(C(F)(F)F)c1)c1ccc(F)cc1F. The van der Waals surface area contributed by atoms with Gasteiger partial charge in [-0.1, -0.05) is 24.3 Å². The molecule has 0 unspecified atom stereocenters. The summed E-state index contributed by atoms with van der Waals surface area (Å²) in [6.07, 6.45) is -4.77. The normalized spacial score (nSPS) is 12.8. The van der Waals surface area contributed by atoms with E-state index in [0.29, 0.717) is 6.07 Å². The van der Waals surface area contributed by atoms with Crippen LogP contribution < -0.4 is 5.32 Å². The molecule has 1 amide bonds. The molecule has 0 aliphatic carbocycles. The van der Waals surface area contributed by atoms with E-state index in [-0.39, 0.29) is 17.5 Å². The van der Waals surface area contributed by atoms with Gasteiger partial charge in [-0.3, -0.25) is 4.79 Å². The van der Waals surface area contributed by atoms with E-state index in [1.54, 1.807) is 0 Å². The van der Waals surface area contributed by atoms with Crippen molar-refractivity contribution in [3.8, 4) is 0 Å². The Morgan fingerprint density at radius 3 is 2.46 bits per heavy atom. The van der Waals surface area contributed by atoms with E-state index in [1.165, 1.54) is 25.1 Å². The molecule has 0 aromatic heterocycles. The van der Waals surface area contributed by atoms with Gasteiger partial charge in [0.2, 0.25) is 5.91 Å². The molecule has 0 saturated carbocycles. The molecule has 7 heteroatoms. The smallest absolute Gasteiger partial charge is 0.349 e. The Bertz CT molecular complexity index is 742. The number of nitrogens with one attached hydrogen (secondary N) is 1. The minimum atomic E-state index is -4.49. The second kappa shape index (κ2) is 6.98. The number of alkyl halides is 3. The van der Waals surface area contributed by atoms with Gasteiger partial charge in [0.25, 0.3) is 0 Å². The van der Waals surface area contributed by atoms with Crippen LogP contribution >= 0.6 is 0 Å². The Kier molecular flexibility index (Phi) is 5.21. The number of halogens is 5. The number of carbonyl (C=O) groups excluding carboxylic acids is 1. The number of amides is 1. The van der Waals surface area contributed by atoms with Gasteiger partial charge in [0.05, 0.1) is 18.0 Å². The Balaban J connectivity index is 2.05. The lowest BCUT2D eigenvalue weighted by Gasteiger charge is -2.15. The highest BCUT2D eigenvalue weighted by Gasteiger charge is 2.30. The maximum absolute atomic E-state index is 13.6. The van der Waals surface area contributed by atoms with Crippen LogP contribution in [0.3, 0.4) is 0 Å². The number of benzene rings is 2. The molecule has 2 aromatic carbocycles. The molecule has 0 saturated heterocycles. The summed E-state index contributed by atoms with van der Waals surface area (Å²) in [6.45, 7) is 1.50. The lowest BCUT2D eigenvalue weighted by atomic mass is 10.1. The lowest BCUT2D eigenvalue weighted by Crippen LogP contribution is -2.28. The van der Waals surface area contributed by atoms with Crippen LogP contribution in [-0.4, -0.2) is 5.91 Å². The van der Waals surface area contributed by atoms with Gasteiger partial charge >= 0.3 is 6.18 Å². The average molecular weight is 343 g/mol. The van der Waals surface area contributed by atoms with Crippen LogP contribution in [-0.2, 0) is 17.4 Å². The van der Waals surface area contributed by atoms with E-state index in [2.05, 4.69) is 5.32 Å². The molecule has 24 heavy (non-hydrogen) atoms. The van der Waals surface area contributed by atoms with Crippen molar-refractivity contribution < 1.29 is 26.7 Å². The summed E-state index contributed by atoms with van der Waals surface area (Å²) in [6, 6.07) is 6.65. The highest BCUT2D eigenvalue weighted by Crippen LogP contribution is 2.29. The number of rotatable bonds is 4. The summed E-state index contributed by atoms with van der Waals surface area (Å²) in [5, 5.41) is 2.48. The Labute approximate surface area is 135 Å². The zero-order chi connectivity index (χ0) is 17.9. The predicted octanol–water partition coefficient (Wildman–Crippen LogP) is 4.40. The van der Waals surface area contributed by atoms with Crippen molar-refractivity contribution in [1.29, 1.82) is 0 Å². The third kappa shape index (κ3) is 4.53. The topological polar surface area (TPSA) is 29.1 Å². The summed E-state index contributed by atoms with van der Waals surface area (Å²) in [7, 11) is 0. The fourth-order valence-electron chi connectivity index (χ4n) is 2.27. The van der Waals surface area contributed by atoms with Crippen molar-refractivity contribution in [2.24, 2.45) is 0 Å². The zero-order valence-corrected chi connectivity index (χ0v) is 12.6. The third-order valence-electron chi connectivity index (χ3n) is 3.43. The van der Waals surface area contributed by atoms with Crippen molar-refractivity contribution >= 4 is 5.91 Å². The van der Waals surface area contributed by atoms with E-state index >= 15 is 0 Å². The summed E-state index contributed by atoms with van der Waals surface area (Å²) >= 11 is 0. The number of carbonyl (C=O) groups is 1. The summed E-state index contributed by atoms with van der Waals surface area (Å²) in [5.41, 5.74) is -0.562. The van der Waals surface area contributed by atoms with Crippen LogP contribution in [0.15, 0.2) is 42.5 Å². The molecule has 0 spiro atoms. The monoisotopic (exact) mass is 343 g/mol. The van der Waals surface area contributed by atoms with Gasteiger partial charge in [-0.05, 0) is 24.6 Å². The fourth-order valence-corrected chi connectivity index (χ4v) is 2.27. The first-order chi connectivity index (χ1) is 11.2. The van der Waals surface area contributed by atoms with E-state index in [4.69, 9.17) is 0 Å². The molecular weight excluding hydrogens is 329 g/mol. The van der Waals surface area contributed by atoms with Crippen LogP contribution in [0, 0.1) is 11.6 Å². The number of hydrogen-bond acceptors (Lipinski definition) is 1. The highest BCUT2D eigenvalue weighted by molar-refractivity contribution is 5.79. The molecule has 0 radical (unpaired) electrons. The van der Waals surface area contributed by atoms with Crippen LogP contribution in [0.4, 0.5) is 22.0 Å². The van der Waals surface area contributed by atoms with Crippen LogP contribution in [0.25, 0.3) is 0 Å².